The fraction of sp³-hybridized carbons (Fsp3) is 0.294. The highest BCUT2D eigenvalue weighted by Gasteiger charge is 2.27. The Morgan fingerprint density at radius 3 is 2.61 bits per heavy atom. The molecule has 1 N–H and O–H groups in total. The molecule has 0 heterocycles. The van der Waals surface area contributed by atoms with E-state index in [-0.39, 0.29) is 0 Å². The van der Waals surface area contributed by atoms with Crippen molar-refractivity contribution in [2.45, 2.75) is 32.3 Å². The molecular weight excluding hydrogens is 220 g/mol. The SMILES string of the molecule is CCC(=Cc1ccccc1)C1(O)C=CC(C)=CC1. The third kappa shape index (κ3) is 2.80. The third-order valence-corrected chi connectivity index (χ3v) is 3.43. The summed E-state index contributed by atoms with van der Waals surface area (Å²) in [6, 6.07) is 10.2. The highest BCUT2D eigenvalue weighted by atomic mass is 16.3. The summed E-state index contributed by atoms with van der Waals surface area (Å²) in [6.07, 6.45) is 9.62. The number of hydrogen-bond donors (Lipinski definition) is 1. The Labute approximate surface area is 109 Å². The molecule has 0 fully saturated rings. The van der Waals surface area contributed by atoms with Crippen LogP contribution in [0.4, 0.5) is 0 Å². The molecular formula is C17H20O. The molecule has 0 bridgehead atoms. The van der Waals surface area contributed by atoms with Gasteiger partial charge in [-0.1, -0.05) is 61.1 Å². The predicted molar refractivity (Wildman–Crippen MR) is 77.2 cm³/mol. The van der Waals surface area contributed by atoms with E-state index in [1.807, 2.05) is 30.4 Å². The molecule has 94 valence electrons. The zero-order valence-electron chi connectivity index (χ0n) is 11.1. The first-order valence-electron chi connectivity index (χ1n) is 6.48. The van der Waals surface area contributed by atoms with Gasteiger partial charge in [-0.2, -0.15) is 0 Å². The van der Waals surface area contributed by atoms with Gasteiger partial charge in [0.1, 0.15) is 5.60 Å². The summed E-state index contributed by atoms with van der Waals surface area (Å²) >= 11 is 0. The van der Waals surface area contributed by atoms with Gasteiger partial charge in [0, 0.05) is 6.42 Å². The Balaban J connectivity index is 2.30. The van der Waals surface area contributed by atoms with Gasteiger partial charge in [0.25, 0.3) is 0 Å². The van der Waals surface area contributed by atoms with E-state index in [4.69, 9.17) is 0 Å². The molecule has 1 aromatic rings. The maximum Gasteiger partial charge on any atom is 0.108 e. The van der Waals surface area contributed by atoms with Crippen molar-refractivity contribution in [2.75, 3.05) is 0 Å². The largest absolute Gasteiger partial charge is 0.381 e. The Morgan fingerprint density at radius 2 is 2.06 bits per heavy atom. The van der Waals surface area contributed by atoms with Crippen molar-refractivity contribution >= 4 is 6.08 Å². The van der Waals surface area contributed by atoms with Gasteiger partial charge in [-0.05, 0) is 30.6 Å². The van der Waals surface area contributed by atoms with E-state index in [1.54, 1.807) is 0 Å². The fourth-order valence-electron chi connectivity index (χ4n) is 2.24. The van der Waals surface area contributed by atoms with Crippen LogP contribution in [0.2, 0.25) is 0 Å². The lowest BCUT2D eigenvalue weighted by molar-refractivity contribution is 0.129. The van der Waals surface area contributed by atoms with Crippen molar-refractivity contribution in [3.63, 3.8) is 0 Å². The van der Waals surface area contributed by atoms with Crippen molar-refractivity contribution in [3.8, 4) is 0 Å². The summed E-state index contributed by atoms with van der Waals surface area (Å²) in [5.74, 6) is 0. The second kappa shape index (κ2) is 5.36. The average molecular weight is 240 g/mol. The molecule has 1 atom stereocenters. The summed E-state index contributed by atoms with van der Waals surface area (Å²) in [6.45, 7) is 4.15. The number of aliphatic hydroxyl groups is 1. The number of allylic oxidation sites excluding steroid dienone is 2. The lowest BCUT2D eigenvalue weighted by Gasteiger charge is -2.29. The monoisotopic (exact) mass is 240 g/mol. The molecule has 0 spiro atoms. The maximum absolute atomic E-state index is 10.7. The normalized spacial score (nSPS) is 23.9. The number of hydrogen-bond acceptors (Lipinski definition) is 1. The Kier molecular flexibility index (Phi) is 3.83. The molecule has 0 aromatic heterocycles. The summed E-state index contributed by atoms with van der Waals surface area (Å²) in [5.41, 5.74) is 2.61. The minimum absolute atomic E-state index is 0.668. The van der Waals surface area contributed by atoms with Crippen LogP contribution in [0.3, 0.4) is 0 Å². The second-order valence-corrected chi connectivity index (χ2v) is 4.84. The van der Waals surface area contributed by atoms with Crippen molar-refractivity contribution < 1.29 is 5.11 Å². The Morgan fingerprint density at radius 1 is 1.33 bits per heavy atom. The van der Waals surface area contributed by atoms with E-state index in [9.17, 15) is 5.11 Å². The van der Waals surface area contributed by atoms with E-state index < -0.39 is 5.60 Å². The minimum Gasteiger partial charge on any atom is -0.381 e. The van der Waals surface area contributed by atoms with Crippen molar-refractivity contribution in [1.82, 2.24) is 0 Å². The fourth-order valence-corrected chi connectivity index (χ4v) is 2.24. The molecule has 1 aromatic carbocycles. The van der Waals surface area contributed by atoms with Gasteiger partial charge in [-0.25, -0.2) is 0 Å². The topological polar surface area (TPSA) is 20.2 Å². The van der Waals surface area contributed by atoms with Gasteiger partial charge in [0.05, 0.1) is 0 Å². The molecule has 0 radical (unpaired) electrons. The number of rotatable bonds is 3. The highest BCUT2D eigenvalue weighted by Crippen LogP contribution is 2.31. The van der Waals surface area contributed by atoms with Crippen molar-refractivity contribution in [1.29, 1.82) is 0 Å². The van der Waals surface area contributed by atoms with E-state index >= 15 is 0 Å². The standard InChI is InChI=1S/C17H20O/c1-3-16(13-15-7-5-4-6-8-15)17(18)11-9-14(2)10-12-17/h4-11,13,18H,3,12H2,1-2H3. The lowest BCUT2D eigenvalue weighted by atomic mass is 9.83. The second-order valence-electron chi connectivity index (χ2n) is 4.84. The first-order chi connectivity index (χ1) is 8.64. The molecule has 1 aliphatic rings. The van der Waals surface area contributed by atoms with Crippen LogP contribution in [-0.2, 0) is 0 Å². The summed E-state index contributed by atoms with van der Waals surface area (Å²) in [5, 5.41) is 10.7. The van der Waals surface area contributed by atoms with Crippen molar-refractivity contribution in [3.05, 3.63) is 65.3 Å². The molecule has 2 rings (SSSR count). The lowest BCUT2D eigenvalue weighted by Crippen LogP contribution is -2.29. The molecule has 1 heteroatoms. The summed E-state index contributed by atoms with van der Waals surface area (Å²) < 4.78 is 0. The predicted octanol–water partition coefficient (Wildman–Crippen LogP) is 4.12. The zero-order chi connectivity index (χ0) is 13.0. The molecule has 1 aliphatic carbocycles. The summed E-state index contributed by atoms with van der Waals surface area (Å²) in [4.78, 5) is 0. The molecule has 0 saturated heterocycles. The van der Waals surface area contributed by atoms with Crippen LogP contribution >= 0.6 is 0 Å². The zero-order valence-corrected chi connectivity index (χ0v) is 11.1. The average Bonchev–Trinajstić information content (AvgIpc) is 2.41. The van der Waals surface area contributed by atoms with Gasteiger partial charge >= 0.3 is 0 Å². The van der Waals surface area contributed by atoms with Gasteiger partial charge in [-0.15, -0.1) is 0 Å². The van der Waals surface area contributed by atoms with Crippen LogP contribution in [0.25, 0.3) is 6.08 Å². The Hall–Kier alpha value is -1.60. The molecule has 0 amide bonds. The quantitative estimate of drug-likeness (QED) is 0.842. The molecule has 1 unspecified atom stereocenters. The van der Waals surface area contributed by atoms with Crippen LogP contribution in [-0.4, -0.2) is 10.7 Å². The maximum atomic E-state index is 10.7. The van der Waals surface area contributed by atoms with Gasteiger partial charge < -0.3 is 5.11 Å². The molecule has 1 nitrogen and oxygen atoms in total. The third-order valence-electron chi connectivity index (χ3n) is 3.43. The van der Waals surface area contributed by atoms with Gasteiger partial charge in [0.15, 0.2) is 0 Å². The number of benzene rings is 1. The smallest absolute Gasteiger partial charge is 0.108 e. The summed E-state index contributed by atoms with van der Waals surface area (Å²) in [7, 11) is 0. The van der Waals surface area contributed by atoms with E-state index in [1.165, 1.54) is 5.57 Å². The molecule has 0 aliphatic heterocycles. The molecule has 18 heavy (non-hydrogen) atoms. The molecule has 0 saturated carbocycles. The first-order valence-corrected chi connectivity index (χ1v) is 6.48. The van der Waals surface area contributed by atoms with Crippen molar-refractivity contribution in [2.24, 2.45) is 0 Å². The minimum atomic E-state index is -0.815. The van der Waals surface area contributed by atoms with Gasteiger partial charge in [-0.3, -0.25) is 0 Å². The van der Waals surface area contributed by atoms with Crippen LogP contribution < -0.4 is 0 Å². The van der Waals surface area contributed by atoms with Crippen LogP contribution in [0.5, 0.6) is 0 Å². The van der Waals surface area contributed by atoms with Gasteiger partial charge in [0.2, 0.25) is 0 Å². The van der Waals surface area contributed by atoms with E-state index in [0.29, 0.717) is 6.42 Å². The van der Waals surface area contributed by atoms with E-state index in [2.05, 4.69) is 38.1 Å². The Bertz CT molecular complexity index is 494. The highest BCUT2D eigenvalue weighted by molar-refractivity contribution is 5.56. The van der Waals surface area contributed by atoms with Crippen LogP contribution in [0.1, 0.15) is 32.3 Å². The first kappa shape index (κ1) is 12.8. The van der Waals surface area contributed by atoms with E-state index in [0.717, 1.165) is 17.6 Å². The van der Waals surface area contributed by atoms with Crippen LogP contribution in [0, 0.1) is 0 Å². The van der Waals surface area contributed by atoms with Crippen LogP contribution in [0.15, 0.2) is 59.7 Å².